The van der Waals surface area contributed by atoms with Gasteiger partial charge in [-0.2, -0.15) is 0 Å². The predicted molar refractivity (Wildman–Crippen MR) is 123 cm³/mol. The zero-order valence-electron chi connectivity index (χ0n) is 18.7. The van der Waals surface area contributed by atoms with Gasteiger partial charge in [-0.15, -0.1) is 11.6 Å². The summed E-state index contributed by atoms with van der Waals surface area (Å²) in [5, 5.41) is 16.5. The van der Waals surface area contributed by atoms with Gasteiger partial charge in [0, 0.05) is 11.8 Å². The summed E-state index contributed by atoms with van der Waals surface area (Å²) in [6.07, 6.45) is 4.80. The van der Waals surface area contributed by atoms with Crippen molar-refractivity contribution in [3.05, 3.63) is 35.9 Å². The van der Waals surface area contributed by atoms with E-state index in [4.69, 9.17) is 16.3 Å². The SMILES string of the molecule is CCOC(=O)[C@H](Cc1ccccc1)NC(=O)C1CC(Cl)C(CCCCCNC)CC1O. The fraction of sp³-hybridized carbons (Fsp3) is 0.667. The van der Waals surface area contributed by atoms with Crippen LogP contribution in [0.4, 0.5) is 0 Å². The first-order valence-electron chi connectivity index (χ1n) is 11.4. The largest absolute Gasteiger partial charge is 0.464 e. The summed E-state index contributed by atoms with van der Waals surface area (Å²) in [4.78, 5) is 25.4. The molecule has 1 saturated carbocycles. The summed E-state index contributed by atoms with van der Waals surface area (Å²) in [5.74, 6) is -1.21. The van der Waals surface area contributed by atoms with Crippen molar-refractivity contribution < 1.29 is 19.4 Å². The highest BCUT2D eigenvalue weighted by molar-refractivity contribution is 6.21. The van der Waals surface area contributed by atoms with Crippen LogP contribution in [0.2, 0.25) is 0 Å². The number of rotatable bonds is 12. The predicted octanol–water partition coefficient (Wildman–Crippen LogP) is 3.05. The van der Waals surface area contributed by atoms with E-state index in [0.29, 0.717) is 19.3 Å². The topological polar surface area (TPSA) is 87.7 Å². The number of benzene rings is 1. The molecule has 1 aromatic carbocycles. The molecule has 1 aromatic rings. The number of nitrogens with one attached hydrogen (secondary N) is 2. The third-order valence-electron chi connectivity index (χ3n) is 6.01. The smallest absolute Gasteiger partial charge is 0.328 e. The Labute approximate surface area is 191 Å². The zero-order chi connectivity index (χ0) is 22.6. The van der Waals surface area contributed by atoms with Crippen LogP contribution < -0.4 is 10.6 Å². The maximum Gasteiger partial charge on any atom is 0.328 e. The number of aliphatic hydroxyl groups is 1. The number of aliphatic hydroxyl groups excluding tert-OH is 1. The molecule has 6 nitrogen and oxygen atoms in total. The second-order valence-corrected chi connectivity index (χ2v) is 8.94. The van der Waals surface area contributed by atoms with Crippen LogP contribution in [0, 0.1) is 11.8 Å². The second kappa shape index (κ2) is 13.7. The van der Waals surface area contributed by atoms with Crippen LogP contribution in [0.15, 0.2) is 30.3 Å². The molecule has 2 rings (SSSR count). The van der Waals surface area contributed by atoms with Crippen LogP contribution in [0.5, 0.6) is 0 Å². The molecule has 1 aliphatic carbocycles. The minimum Gasteiger partial charge on any atom is -0.464 e. The number of alkyl halides is 1. The van der Waals surface area contributed by atoms with Crippen LogP contribution in [-0.2, 0) is 20.7 Å². The highest BCUT2D eigenvalue weighted by Crippen LogP contribution is 2.36. The minimum atomic E-state index is -0.791. The Balaban J connectivity index is 1.93. The van der Waals surface area contributed by atoms with Crippen LogP contribution >= 0.6 is 11.6 Å². The van der Waals surface area contributed by atoms with Crippen LogP contribution in [0.1, 0.15) is 51.0 Å². The Bertz CT molecular complexity index is 673. The number of carbonyl (C=O) groups excluding carboxylic acids is 2. The number of esters is 1. The first kappa shape index (κ1) is 25.6. The van der Waals surface area contributed by atoms with E-state index in [1.807, 2.05) is 37.4 Å². The number of halogens is 1. The van der Waals surface area contributed by atoms with Crippen molar-refractivity contribution in [2.24, 2.45) is 11.8 Å². The lowest BCUT2D eigenvalue weighted by Crippen LogP contribution is -2.50. The molecule has 4 unspecified atom stereocenters. The van der Waals surface area contributed by atoms with Gasteiger partial charge < -0.3 is 20.5 Å². The molecular weight excluding hydrogens is 416 g/mol. The van der Waals surface area contributed by atoms with Gasteiger partial charge in [0.1, 0.15) is 6.04 Å². The summed E-state index contributed by atoms with van der Waals surface area (Å²) in [5.41, 5.74) is 0.929. The van der Waals surface area contributed by atoms with E-state index in [1.165, 1.54) is 0 Å². The van der Waals surface area contributed by atoms with Gasteiger partial charge in [0.05, 0.1) is 18.6 Å². The average molecular weight is 453 g/mol. The van der Waals surface area contributed by atoms with Crippen LogP contribution in [-0.4, -0.2) is 54.7 Å². The van der Waals surface area contributed by atoms with Gasteiger partial charge in [-0.05, 0) is 57.7 Å². The zero-order valence-corrected chi connectivity index (χ0v) is 19.4. The summed E-state index contributed by atoms with van der Waals surface area (Å²) in [6, 6.07) is 8.70. The van der Waals surface area contributed by atoms with Crippen molar-refractivity contribution in [2.45, 2.75) is 69.4 Å². The lowest BCUT2D eigenvalue weighted by atomic mass is 9.77. The molecule has 0 heterocycles. The fourth-order valence-corrected chi connectivity index (χ4v) is 4.67. The van der Waals surface area contributed by atoms with Crippen LogP contribution in [0.25, 0.3) is 0 Å². The fourth-order valence-electron chi connectivity index (χ4n) is 4.24. The Hall–Kier alpha value is -1.63. The Morgan fingerprint density at radius 1 is 1.19 bits per heavy atom. The van der Waals surface area contributed by atoms with Crippen molar-refractivity contribution in [2.75, 3.05) is 20.2 Å². The molecule has 174 valence electrons. The number of unbranched alkanes of at least 4 members (excludes halogenated alkanes) is 2. The monoisotopic (exact) mass is 452 g/mol. The molecular formula is C24H37ClN2O4. The van der Waals surface area contributed by atoms with E-state index in [2.05, 4.69) is 10.6 Å². The molecule has 0 spiro atoms. The second-order valence-electron chi connectivity index (χ2n) is 8.38. The van der Waals surface area contributed by atoms with E-state index in [9.17, 15) is 14.7 Å². The number of ether oxygens (including phenoxy) is 1. The summed E-state index contributed by atoms with van der Waals surface area (Å²) in [7, 11) is 1.95. The average Bonchev–Trinajstić information content (AvgIpc) is 2.76. The molecule has 31 heavy (non-hydrogen) atoms. The van der Waals surface area contributed by atoms with Gasteiger partial charge in [-0.1, -0.05) is 43.2 Å². The van der Waals surface area contributed by atoms with Gasteiger partial charge in [-0.25, -0.2) is 4.79 Å². The molecule has 0 aliphatic heterocycles. The first-order chi connectivity index (χ1) is 15.0. The standard InChI is InChI=1S/C24H37ClN2O4/c1-3-31-24(30)21(14-17-10-6-4-7-11-17)27-23(29)19-16-20(25)18(15-22(19)28)12-8-5-9-13-26-2/h4,6-7,10-11,18-22,26,28H,3,5,8-9,12-16H2,1-2H3,(H,27,29)/t18?,19?,20?,21-,22?/m0/s1. The lowest BCUT2D eigenvalue weighted by molar-refractivity contribution is -0.148. The lowest BCUT2D eigenvalue weighted by Gasteiger charge is -2.36. The van der Waals surface area contributed by atoms with Crippen molar-refractivity contribution in [3.63, 3.8) is 0 Å². The molecule has 0 saturated heterocycles. The molecule has 5 atom stereocenters. The van der Waals surface area contributed by atoms with E-state index in [1.54, 1.807) is 6.92 Å². The van der Waals surface area contributed by atoms with E-state index in [-0.39, 0.29) is 23.8 Å². The molecule has 1 fully saturated rings. The third-order valence-corrected chi connectivity index (χ3v) is 6.54. The van der Waals surface area contributed by atoms with Gasteiger partial charge in [0.15, 0.2) is 0 Å². The van der Waals surface area contributed by atoms with Gasteiger partial charge >= 0.3 is 5.97 Å². The number of hydrogen-bond donors (Lipinski definition) is 3. The summed E-state index contributed by atoms with van der Waals surface area (Å²) in [6.45, 7) is 2.98. The number of hydrogen-bond acceptors (Lipinski definition) is 5. The molecule has 1 amide bonds. The van der Waals surface area contributed by atoms with Crippen molar-refractivity contribution in [1.82, 2.24) is 10.6 Å². The number of amides is 1. The molecule has 0 aromatic heterocycles. The highest BCUT2D eigenvalue weighted by atomic mass is 35.5. The van der Waals surface area contributed by atoms with E-state index in [0.717, 1.165) is 37.8 Å². The maximum atomic E-state index is 13.0. The quantitative estimate of drug-likeness (QED) is 0.258. The normalized spacial score (nSPS) is 24.4. The van der Waals surface area contributed by atoms with Gasteiger partial charge in [0.2, 0.25) is 5.91 Å². The van der Waals surface area contributed by atoms with Crippen LogP contribution in [0.3, 0.4) is 0 Å². The third kappa shape index (κ3) is 8.43. The maximum absolute atomic E-state index is 13.0. The van der Waals surface area contributed by atoms with E-state index < -0.39 is 24.0 Å². The van der Waals surface area contributed by atoms with Crippen molar-refractivity contribution >= 4 is 23.5 Å². The summed E-state index contributed by atoms with van der Waals surface area (Å²) < 4.78 is 5.16. The minimum absolute atomic E-state index is 0.154. The van der Waals surface area contributed by atoms with Crippen molar-refractivity contribution in [3.8, 4) is 0 Å². The Morgan fingerprint density at radius 2 is 1.94 bits per heavy atom. The first-order valence-corrected chi connectivity index (χ1v) is 11.9. The molecule has 0 radical (unpaired) electrons. The molecule has 3 N–H and O–H groups in total. The van der Waals surface area contributed by atoms with Gasteiger partial charge in [0.25, 0.3) is 0 Å². The highest BCUT2D eigenvalue weighted by Gasteiger charge is 2.39. The molecule has 0 bridgehead atoms. The van der Waals surface area contributed by atoms with Crippen molar-refractivity contribution in [1.29, 1.82) is 0 Å². The van der Waals surface area contributed by atoms with Gasteiger partial charge in [-0.3, -0.25) is 4.79 Å². The Morgan fingerprint density at radius 3 is 2.61 bits per heavy atom. The van der Waals surface area contributed by atoms with E-state index >= 15 is 0 Å². The number of carbonyl (C=O) groups is 2. The molecule has 7 heteroatoms. The Kier molecular flexibility index (Phi) is 11.3. The summed E-state index contributed by atoms with van der Waals surface area (Å²) >= 11 is 6.61. The molecule has 1 aliphatic rings.